The summed E-state index contributed by atoms with van der Waals surface area (Å²) < 4.78 is 28.5. The van der Waals surface area contributed by atoms with Crippen LogP contribution in [0.1, 0.15) is 32.6 Å². The molecule has 1 aliphatic rings. The summed E-state index contributed by atoms with van der Waals surface area (Å²) in [5.74, 6) is 1.76. The molecule has 8 heteroatoms. The molecule has 0 aromatic carbocycles. The van der Waals surface area contributed by atoms with Crippen LogP contribution in [0.4, 0.5) is 5.95 Å². The Bertz CT molecular complexity index is 861. The number of hydrogen-bond acceptors (Lipinski definition) is 7. The molecule has 1 fully saturated rings. The van der Waals surface area contributed by atoms with Crippen molar-refractivity contribution in [1.82, 2.24) is 15.0 Å². The normalized spacial score (nSPS) is 20.6. The van der Waals surface area contributed by atoms with Gasteiger partial charge in [0.2, 0.25) is 11.8 Å². The van der Waals surface area contributed by atoms with Crippen LogP contribution in [0.2, 0.25) is 0 Å². The van der Waals surface area contributed by atoms with Gasteiger partial charge < -0.3 is 10.1 Å². The van der Waals surface area contributed by atoms with Crippen LogP contribution >= 0.6 is 0 Å². The summed E-state index contributed by atoms with van der Waals surface area (Å²) in [6, 6.07) is 3.54. The number of methoxy groups -OCH3 is 1. The lowest BCUT2D eigenvalue weighted by molar-refractivity contribution is 0.359. The monoisotopic (exact) mass is 376 g/mol. The first-order valence-electron chi connectivity index (χ1n) is 8.71. The minimum absolute atomic E-state index is 0.0333. The predicted octanol–water partition coefficient (Wildman–Crippen LogP) is 2.94. The molecule has 7 nitrogen and oxygen atoms in total. The van der Waals surface area contributed by atoms with E-state index >= 15 is 0 Å². The maximum absolute atomic E-state index is 11.5. The molecule has 3 rings (SSSR count). The molecule has 1 N–H and O–H groups in total. The summed E-state index contributed by atoms with van der Waals surface area (Å²) >= 11 is 0. The maximum atomic E-state index is 11.5. The third kappa shape index (κ3) is 4.30. The van der Waals surface area contributed by atoms with Gasteiger partial charge in [-0.15, -0.1) is 0 Å². The maximum Gasteiger partial charge on any atom is 0.226 e. The molecule has 2 aromatic heterocycles. The molecule has 2 heterocycles. The lowest BCUT2D eigenvalue weighted by Gasteiger charge is -2.27. The van der Waals surface area contributed by atoms with E-state index in [2.05, 4.69) is 27.2 Å². The number of nitrogens with zero attached hydrogens (tertiary/aromatic N) is 3. The largest absolute Gasteiger partial charge is 0.480 e. The molecular weight excluding hydrogens is 352 g/mol. The first kappa shape index (κ1) is 18.6. The number of aromatic nitrogens is 3. The van der Waals surface area contributed by atoms with Crippen molar-refractivity contribution in [3.8, 4) is 17.0 Å². The van der Waals surface area contributed by atoms with E-state index in [1.807, 2.05) is 0 Å². The fraction of sp³-hybridized carbons (Fsp3) is 0.500. The lowest BCUT2D eigenvalue weighted by Crippen LogP contribution is -2.26. The summed E-state index contributed by atoms with van der Waals surface area (Å²) in [4.78, 5) is 12.9. The molecule has 0 unspecified atom stereocenters. The van der Waals surface area contributed by atoms with E-state index in [-0.39, 0.29) is 5.03 Å². The summed E-state index contributed by atoms with van der Waals surface area (Å²) in [6.07, 6.45) is 8.96. The molecule has 0 aliphatic heterocycles. The Morgan fingerprint density at radius 3 is 2.42 bits per heavy atom. The van der Waals surface area contributed by atoms with E-state index < -0.39 is 9.84 Å². The molecular formula is C18H24N4O3S. The van der Waals surface area contributed by atoms with E-state index in [4.69, 9.17) is 4.74 Å². The molecule has 1 aliphatic carbocycles. The van der Waals surface area contributed by atoms with Crippen molar-refractivity contribution < 1.29 is 13.2 Å². The van der Waals surface area contributed by atoms with Gasteiger partial charge in [0, 0.05) is 30.3 Å². The van der Waals surface area contributed by atoms with Crippen LogP contribution in [0.3, 0.4) is 0 Å². The molecule has 0 spiro atoms. The minimum atomic E-state index is -3.33. The molecule has 0 radical (unpaired) electrons. The molecule has 26 heavy (non-hydrogen) atoms. The third-order valence-corrected chi connectivity index (χ3v) is 5.72. The first-order chi connectivity index (χ1) is 12.4. The minimum Gasteiger partial charge on any atom is -0.480 e. The highest BCUT2D eigenvalue weighted by Crippen LogP contribution is 2.30. The standard InChI is InChI=1S/C18H24N4O3S/c1-12-4-7-14(8-5-12)21-18-20-11-15(17(22-18)25-2)13-6-9-16(19-10-13)26(3,23)24/h6,9-12,14H,4-5,7-8H2,1-3H3,(H,20,21,22). The Hall–Kier alpha value is -2.22. The molecule has 0 bridgehead atoms. The van der Waals surface area contributed by atoms with E-state index in [0.29, 0.717) is 29.0 Å². The second-order valence-corrected chi connectivity index (χ2v) is 8.84. The Kier molecular flexibility index (Phi) is 5.41. The van der Waals surface area contributed by atoms with Crippen molar-refractivity contribution in [3.63, 3.8) is 0 Å². The van der Waals surface area contributed by atoms with E-state index in [0.717, 1.165) is 25.0 Å². The van der Waals surface area contributed by atoms with E-state index in [1.54, 1.807) is 19.4 Å². The molecule has 2 aromatic rings. The summed E-state index contributed by atoms with van der Waals surface area (Å²) in [5, 5.41) is 3.42. The molecule has 0 saturated heterocycles. The van der Waals surface area contributed by atoms with E-state index in [9.17, 15) is 8.42 Å². The first-order valence-corrected chi connectivity index (χ1v) is 10.6. The number of ether oxygens (including phenoxy) is 1. The van der Waals surface area contributed by atoms with Gasteiger partial charge in [-0.05, 0) is 43.7 Å². The van der Waals surface area contributed by atoms with Gasteiger partial charge >= 0.3 is 0 Å². The smallest absolute Gasteiger partial charge is 0.226 e. The second kappa shape index (κ2) is 7.57. The predicted molar refractivity (Wildman–Crippen MR) is 100.0 cm³/mol. The molecule has 0 atom stereocenters. The zero-order chi connectivity index (χ0) is 18.7. The second-order valence-electron chi connectivity index (χ2n) is 6.87. The molecule has 0 amide bonds. The Morgan fingerprint density at radius 1 is 1.12 bits per heavy atom. The van der Waals surface area contributed by atoms with Gasteiger partial charge in [-0.1, -0.05) is 6.92 Å². The van der Waals surface area contributed by atoms with Gasteiger partial charge in [-0.2, -0.15) is 4.98 Å². The number of rotatable bonds is 5. The number of sulfone groups is 1. The quantitative estimate of drug-likeness (QED) is 0.857. The van der Waals surface area contributed by atoms with Crippen molar-refractivity contribution in [1.29, 1.82) is 0 Å². The SMILES string of the molecule is COc1nc(NC2CCC(C)CC2)ncc1-c1ccc(S(C)(=O)=O)nc1. The van der Waals surface area contributed by atoms with Gasteiger partial charge in [0.15, 0.2) is 14.9 Å². The summed E-state index contributed by atoms with van der Waals surface area (Å²) in [7, 11) is -1.78. The molecule has 1 saturated carbocycles. The number of pyridine rings is 1. The topological polar surface area (TPSA) is 94.1 Å². The van der Waals surface area contributed by atoms with Gasteiger partial charge in [0.25, 0.3) is 0 Å². The third-order valence-electron chi connectivity index (χ3n) is 4.72. The van der Waals surface area contributed by atoms with Crippen LogP contribution in [0, 0.1) is 5.92 Å². The van der Waals surface area contributed by atoms with Crippen LogP contribution in [-0.2, 0) is 9.84 Å². The highest BCUT2D eigenvalue weighted by molar-refractivity contribution is 7.90. The van der Waals surface area contributed by atoms with Crippen molar-refractivity contribution in [2.75, 3.05) is 18.7 Å². The van der Waals surface area contributed by atoms with E-state index in [1.165, 1.54) is 25.1 Å². The van der Waals surface area contributed by atoms with Crippen LogP contribution in [-0.4, -0.2) is 42.8 Å². The highest BCUT2D eigenvalue weighted by Gasteiger charge is 2.20. The van der Waals surface area contributed by atoms with Crippen molar-refractivity contribution in [3.05, 3.63) is 24.5 Å². The van der Waals surface area contributed by atoms with Crippen LogP contribution in [0.5, 0.6) is 5.88 Å². The van der Waals surface area contributed by atoms with Crippen LogP contribution < -0.4 is 10.1 Å². The lowest BCUT2D eigenvalue weighted by atomic mass is 9.87. The Morgan fingerprint density at radius 2 is 1.85 bits per heavy atom. The average Bonchev–Trinajstić information content (AvgIpc) is 2.63. The summed E-state index contributed by atoms with van der Waals surface area (Å²) in [6.45, 7) is 2.29. The van der Waals surface area contributed by atoms with Gasteiger partial charge in [0.05, 0.1) is 12.7 Å². The average molecular weight is 376 g/mol. The van der Waals surface area contributed by atoms with Gasteiger partial charge in [-0.3, -0.25) is 0 Å². The van der Waals surface area contributed by atoms with Crippen LogP contribution in [0.25, 0.3) is 11.1 Å². The van der Waals surface area contributed by atoms with Crippen molar-refractivity contribution in [2.45, 2.75) is 43.7 Å². The number of hydrogen-bond donors (Lipinski definition) is 1. The molecule has 140 valence electrons. The number of nitrogens with one attached hydrogen (secondary N) is 1. The highest BCUT2D eigenvalue weighted by atomic mass is 32.2. The van der Waals surface area contributed by atoms with Crippen molar-refractivity contribution >= 4 is 15.8 Å². The Labute approximate surface area is 154 Å². The Balaban J connectivity index is 1.80. The van der Waals surface area contributed by atoms with Crippen LogP contribution in [0.15, 0.2) is 29.6 Å². The number of anilines is 1. The zero-order valence-electron chi connectivity index (χ0n) is 15.3. The fourth-order valence-corrected chi connectivity index (χ4v) is 3.69. The fourth-order valence-electron chi connectivity index (χ4n) is 3.14. The zero-order valence-corrected chi connectivity index (χ0v) is 16.1. The van der Waals surface area contributed by atoms with Crippen molar-refractivity contribution in [2.24, 2.45) is 5.92 Å². The van der Waals surface area contributed by atoms with Gasteiger partial charge in [0.1, 0.15) is 0 Å². The summed E-state index contributed by atoms with van der Waals surface area (Å²) in [5.41, 5.74) is 1.37. The van der Waals surface area contributed by atoms with Gasteiger partial charge in [-0.25, -0.2) is 18.4 Å².